The number of hydrogen-bond acceptors (Lipinski definition) is 3. The van der Waals surface area contributed by atoms with Gasteiger partial charge in [0.2, 0.25) is 0 Å². The average Bonchev–Trinajstić information content (AvgIpc) is 2.54. The van der Waals surface area contributed by atoms with Crippen molar-refractivity contribution < 1.29 is 0 Å². The summed E-state index contributed by atoms with van der Waals surface area (Å²) in [6.07, 6.45) is 2.14. The molecule has 0 aliphatic heterocycles. The summed E-state index contributed by atoms with van der Waals surface area (Å²) in [6, 6.07) is 2.70. The molecule has 1 rings (SSSR count). The average molecular weight is 220 g/mol. The van der Waals surface area contributed by atoms with Crippen LogP contribution < -0.4 is 4.90 Å². The van der Waals surface area contributed by atoms with Gasteiger partial charge < -0.3 is 4.90 Å². The van der Waals surface area contributed by atoms with Gasteiger partial charge in [0.1, 0.15) is 17.5 Å². The van der Waals surface area contributed by atoms with E-state index in [1.54, 1.807) is 4.68 Å². The lowest BCUT2D eigenvalue weighted by Crippen LogP contribution is -2.32. The first-order valence-electron chi connectivity index (χ1n) is 5.73. The van der Waals surface area contributed by atoms with Crippen LogP contribution in [0.4, 0.5) is 5.82 Å². The van der Waals surface area contributed by atoms with Crippen LogP contribution in [0, 0.1) is 18.3 Å². The molecule has 16 heavy (non-hydrogen) atoms. The van der Waals surface area contributed by atoms with Crippen molar-refractivity contribution in [2.45, 2.75) is 39.7 Å². The fourth-order valence-corrected chi connectivity index (χ4v) is 2.19. The molecular weight excluding hydrogens is 200 g/mol. The number of anilines is 1. The Hall–Kier alpha value is -1.50. The number of aryl methyl sites for hydroxylation is 2. The van der Waals surface area contributed by atoms with E-state index in [0.29, 0.717) is 11.6 Å². The zero-order chi connectivity index (χ0) is 12.3. The van der Waals surface area contributed by atoms with Crippen LogP contribution in [0.25, 0.3) is 0 Å². The molecule has 4 nitrogen and oxygen atoms in total. The monoisotopic (exact) mass is 220 g/mol. The summed E-state index contributed by atoms with van der Waals surface area (Å²) in [5.41, 5.74) is 1.50. The molecule has 88 valence electrons. The quantitative estimate of drug-likeness (QED) is 0.781. The van der Waals surface area contributed by atoms with Gasteiger partial charge in [0.05, 0.1) is 5.69 Å². The Labute approximate surface area is 97.5 Å². The fraction of sp³-hybridized carbons (Fsp3) is 0.667. The molecule has 0 saturated carbocycles. The van der Waals surface area contributed by atoms with Crippen LogP contribution in [0.5, 0.6) is 0 Å². The van der Waals surface area contributed by atoms with E-state index in [2.05, 4.69) is 29.9 Å². The first-order chi connectivity index (χ1) is 7.56. The molecule has 0 atom stereocenters. The van der Waals surface area contributed by atoms with Crippen LogP contribution in [0.3, 0.4) is 0 Å². The third-order valence-electron chi connectivity index (χ3n) is 3.13. The molecule has 1 heterocycles. The zero-order valence-corrected chi connectivity index (χ0v) is 10.8. The summed E-state index contributed by atoms with van der Waals surface area (Å²) in [7, 11) is 3.93. The third kappa shape index (κ3) is 2.04. The highest BCUT2D eigenvalue weighted by molar-refractivity contribution is 5.57. The van der Waals surface area contributed by atoms with Crippen LogP contribution in [-0.2, 0) is 7.05 Å². The van der Waals surface area contributed by atoms with Crippen molar-refractivity contribution in [3.8, 4) is 6.07 Å². The first-order valence-corrected chi connectivity index (χ1v) is 5.73. The number of aromatic nitrogens is 2. The van der Waals surface area contributed by atoms with Crippen molar-refractivity contribution in [1.29, 1.82) is 5.26 Å². The molecule has 0 bridgehead atoms. The van der Waals surface area contributed by atoms with Gasteiger partial charge in [0.25, 0.3) is 0 Å². The predicted molar refractivity (Wildman–Crippen MR) is 65.4 cm³/mol. The Morgan fingerprint density at radius 3 is 2.44 bits per heavy atom. The maximum Gasteiger partial charge on any atom is 0.144 e. The number of rotatable bonds is 4. The van der Waals surface area contributed by atoms with Crippen LogP contribution in [0.2, 0.25) is 0 Å². The lowest BCUT2D eigenvalue weighted by Gasteiger charge is -2.28. The van der Waals surface area contributed by atoms with Gasteiger partial charge in [0.15, 0.2) is 0 Å². The highest BCUT2D eigenvalue weighted by atomic mass is 15.4. The van der Waals surface area contributed by atoms with E-state index in [1.165, 1.54) is 0 Å². The normalized spacial score (nSPS) is 10.6. The van der Waals surface area contributed by atoms with Gasteiger partial charge in [0, 0.05) is 20.1 Å². The molecule has 0 amide bonds. The maximum absolute atomic E-state index is 9.16. The zero-order valence-electron chi connectivity index (χ0n) is 10.8. The van der Waals surface area contributed by atoms with E-state index in [1.807, 2.05) is 21.0 Å². The van der Waals surface area contributed by atoms with Crippen LogP contribution in [-0.4, -0.2) is 22.9 Å². The van der Waals surface area contributed by atoms with E-state index in [9.17, 15) is 0 Å². The summed E-state index contributed by atoms with van der Waals surface area (Å²) in [4.78, 5) is 2.17. The molecule has 0 radical (unpaired) electrons. The Bertz CT molecular complexity index is 396. The minimum Gasteiger partial charge on any atom is -0.356 e. The van der Waals surface area contributed by atoms with Crippen molar-refractivity contribution in [2.75, 3.05) is 11.9 Å². The van der Waals surface area contributed by atoms with E-state index in [-0.39, 0.29) is 0 Å². The van der Waals surface area contributed by atoms with Gasteiger partial charge in [-0.1, -0.05) is 13.8 Å². The Morgan fingerprint density at radius 2 is 2.00 bits per heavy atom. The topological polar surface area (TPSA) is 44.9 Å². The van der Waals surface area contributed by atoms with Crippen molar-refractivity contribution in [3.05, 3.63) is 11.3 Å². The second-order valence-electron chi connectivity index (χ2n) is 4.10. The van der Waals surface area contributed by atoms with E-state index in [0.717, 1.165) is 24.4 Å². The second kappa shape index (κ2) is 5.02. The molecular formula is C12H20N4. The molecule has 0 N–H and O–H groups in total. The van der Waals surface area contributed by atoms with E-state index < -0.39 is 0 Å². The molecule has 0 aliphatic carbocycles. The summed E-state index contributed by atoms with van der Waals surface area (Å²) < 4.78 is 1.80. The Kier molecular flexibility index (Phi) is 3.94. The molecule has 0 fully saturated rings. The van der Waals surface area contributed by atoms with Crippen molar-refractivity contribution >= 4 is 5.82 Å². The summed E-state index contributed by atoms with van der Waals surface area (Å²) in [5, 5.41) is 13.5. The largest absolute Gasteiger partial charge is 0.356 e. The summed E-state index contributed by atoms with van der Waals surface area (Å²) in [6.45, 7) is 6.21. The minimum atomic E-state index is 0.460. The Morgan fingerprint density at radius 1 is 1.44 bits per heavy atom. The number of nitrogens with zero attached hydrogens (tertiary/aromatic N) is 4. The van der Waals surface area contributed by atoms with Gasteiger partial charge in [-0.05, 0) is 19.8 Å². The molecule has 1 aromatic heterocycles. The maximum atomic E-state index is 9.16. The third-order valence-corrected chi connectivity index (χ3v) is 3.13. The highest BCUT2D eigenvalue weighted by Crippen LogP contribution is 2.24. The van der Waals surface area contributed by atoms with E-state index in [4.69, 9.17) is 5.26 Å². The lowest BCUT2D eigenvalue weighted by molar-refractivity contribution is 0.572. The van der Waals surface area contributed by atoms with Gasteiger partial charge in [-0.25, -0.2) is 0 Å². The molecule has 1 aromatic rings. The smallest absolute Gasteiger partial charge is 0.144 e. The van der Waals surface area contributed by atoms with Crippen LogP contribution in [0.15, 0.2) is 0 Å². The summed E-state index contributed by atoms with van der Waals surface area (Å²) in [5.74, 6) is 0.925. The van der Waals surface area contributed by atoms with Gasteiger partial charge in [-0.2, -0.15) is 10.4 Å². The first kappa shape index (κ1) is 12.6. The van der Waals surface area contributed by atoms with Crippen molar-refractivity contribution in [2.24, 2.45) is 7.05 Å². The minimum absolute atomic E-state index is 0.460. The second-order valence-corrected chi connectivity index (χ2v) is 4.10. The molecule has 0 aromatic carbocycles. The van der Waals surface area contributed by atoms with Crippen LogP contribution in [0.1, 0.15) is 37.9 Å². The van der Waals surface area contributed by atoms with Gasteiger partial charge in [-0.15, -0.1) is 0 Å². The summed E-state index contributed by atoms with van der Waals surface area (Å²) >= 11 is 0. The fourth-order valence-electron chi connectivity index (χ4n) is 2.19. The highest BCUT2D eigenvalue weighted by Gasteiger charge is 2.20. The van der Waals surface area contributed by atoms with Crippen molar-refractivity contribution in [3.63, 3.8) is 0 Å². The van der Waals surface area contributed by atoms with Crippen LogP contribution >= 0.6 is 0 Å². The molecule has 0 aliphatic rings. The molecule has 0 saturated heterocycles. The number of nitriles is 1. The number of hydrogen-bond donors (Lipinski definition) is 0. The standard InChI is InChI=1S/C12H20N4/c1-6-10(7-2)15(4)12-11(8-13)9(3)14-16(12)5/h10H,6-7H2,1-5H3. The van der Waals surface area contributed by atoms with E-state index >= 15 is 0 Å². The SMILES string of the molecule is CCC(CC)N(C)c1c(C#N)c(C)nn1C. The predicted octanol–water partition coefficient (Wildman–Crippen LogP) is 2.22. The molecule has 0 spiro atoms. The van der Waals surface area contributed by atoms with Crippen molar-refractivity contribution in [1.82, 2.24) is 9.78 Å². The van der Waals surface area contributed by atoms with Gasteiger partial charge in [-0.3, -0.25) is 4.68 Å². The van der Waals surface area contributed by atoms with Gasteiger partial charge >= 0.3 is 0 Å². The lowest BCUT2D eigenvalue weighted by atomic mass is 10.1. The Balaban J connectivity index is 3.17. The molecule has 4 heteroatoms. The molecule has 0 unspecified atom stereocenters.